The Balaban J connectivity index is 1.91. The third kappa shape index (κ3) is 2.59. The molecule has 2 heterocycles. The Labute approximate surface area is 95.1 Å². The van der Waals surface area contributed by atoms with Crippen LogP contribution in [0.2, 0.25) is 0 Å². The topological polar surface area (TPSA) is 58.6 Å². The summed E-state index contributed by atoms with van der Waals surface area (Å²) in [5.74, 6) is -0.424. The van der Waals surface area contributed by atoms with Crippen LogP contribution in [-0.2, 0) is 14.3 Å². The number of imide groups is 1. The number of carbonyl (C=O) groups is 2. The summed E-state index contributed by atoms with van der Waals surface area (Å²) < 4.78 is 4.87. The smallest absolute Gasteiger partial charge is 0.255 e. The highest BCUT2D eigenvalue weighted by Crippen LogP contribution is 2.14. The molecule has 2 aliphatic rings. The highest BCUT2D eigenvalue weighted by Gasteiger charge is 2.30. The van der Waals surface area contributed by atoms with E-state index in [9.17, 15) is 9.59 Å². The Bertz CT molecular complexity index is 277. The van der Waals surface area contributed by atoms with Gasteiger partial charge in [-0.2, -0.15) is 0 Å². The maximum Gasteiger partial charge on any atom is 0.255 e. The van der Waals surface area contributed by atoms with Crippen molar-refractivity contribution >= 4 is 11.8 Å². The lowest BCUT2D eigenvalue weighted by atomic mass is 9.99. The van der Waals surface area contributed by atoms with Crippen molar-refractivity contribution in [2.24, 2.45) is 0 Å². The number of amides is 2. The van der Waals surface area contributed by atoms with Gasteiger partial charge in [-0.05, 0) is 19.8 Å². The number of rotatable bonds is 2. The quantitative estimate of drug-likeness (QED) is 0.668. The van der Waals surface area contributed by atoms with Crippen molar-refractivity contribution in [1.82, 2.24) is 10.2 Å². The summed E-state index contributed by atoms with van der Waals surface area (Å²) in [6, 6.07) is 0.722. The van der Waals surface area contributed by atoms with Crippen molar-refractivity contribution < 1.29 is 14.3 Å². The van der Waals surface area contributed by atoms with E-state index in [-0.39, 0.29) is 31.1 Å². The van der Waals surface area contributed by atoms with Crippen molar-refractivity contribution in [2.45, 2.75) is 38.3 Å². The third-order valence-electron chi connectivity index (χ3n) is 3.17. The van der Waals surface area contributed by atoms with E-state index in [1.54, 1.807) is 0 Å². The molecule has 5 nitrogen and oxygen atoms in total. The number of nitrogens with zero attached hydrogens (tertiary/aromatic N) is 1. The van der Waals surface area contributed by atoms with E-state index in [0.717, 1.165) is 12.8 Å². The van der Waals surface area contributed by atoms with Crippen molar-refractivity contribution in [1.29, 1.82) is 0 Å². The molecule has 0 saturated carbocycles. The van der Waals surface area contributed by atoms with E-state index in [1.807, 2.05) is 0 Å². The molecule has 16 heavy (non-hydrogen) atoms. The zero-order valence-corrected chi connectivity index (χ0v) is 9.57. The molecule has 2 saturated heterocycles. The first kappa shape index (κ1) is 11.5. The second kappa shape index (κ2) is 4.93. The minimum atomic E-state index is -0.212. The van der Waals surface area contributed by atoms with E-state index in [2.05, 4.69) is 12.2 Å². The van der Waals surface area contributed by atoms with Crippen molar-refractivity contribution in [3.63, 3.8) is 0 Å². The zero-order chi connectivity index (χ0) is 11.5. The van der Waals surface area contributed by atoms with Crippen LogP contribution in [0, 0.1) is 0 Å². The van der Waals surface area contributed by atoms with Gasteiger partial charge in [0.15, 0.2) is 0 Å². The molecule has 90 valence electrons. The molecule has 2 unspecified atom stereocenters. The molecule has 2 atom stereocenters. The van der Waals surface area contributed by atoms with Gasteiger partial charge in [-0.1, -0.05) is 6.42 Å². The van der Waals surface area contributed by atoms with Crippen LogP contribution in [0.25, 0.3) is 0 Å². The molecule has 0 aromatic carbocycles. The summed E-state index contributed by atoms with van der Waals surface area (Å²) in [5.41, 5.74) is 0. The Kier molecular flexibility index (Phi) is 3.56. The lowest BCUT2D eigenvalue weighted by Gasteiger charge is -2.33. The molecule has 0 radical (unpaired) electrons. The molecule has 0 bridgehead atoms. The predicted octanol–water partition coefficient (Wildman–Crippen LogP) is -0.0976. The van der Waals surface area contributed by atoms with Gasteiger partial charge in [-0.3, -0.25) is 14.5 Å². The van der Waals surface area contributed by atoms with Gasteiger partial charge in [0.25, 0.3) is 11.8 Å². The largest absolute Gasteiger partial charge is 0.362 e. The van der Waals surface area contributed by atoms with Gasteiger partial charge in [0.05, 0.1) is 0 Å². The van der Waals surface area contributed by atoms with Crippen LogP contribution in [-0.4, -0.2) is 48.6 Å². The second-order valence-electron chi connectivity index (χ2n) is 4.59. The molecule has 2 amide bonds. The van der Waals surface area contributed by atoms with Gasteiger partial charge in [0.2, 0.25) is 0 Å². The van der Waals surface area contributed by atoms with Gasteiger partial charge >= 0.3 is 0 Å². The molecular formula is C11H18N2O3. The number of hydrogen-bond acceptors (Lipinski definition) is 4. The summed E-state index contributed by atoms with van der Waals surface area (Å²) in [6.45, 7) is 2.70. The van der Waals surface area contributed by atoms with Gasteiger partial charge in [-0.25, -0.2) is 0 Å². The minimum absolute atomic E-state index is 0.0357. The van der Waals surface area contributed by atoms with Gasteiger partial charge in [-0.15, -0.1) is 0 Å². The SMILES string of the molecule is CC1CCCC(CN2C(=O)COCC2=O)N1. The zero-order valence-electron chi connectivity index (χ0n) is 9.57. The molecule has 0 aliphatic carbocycles. The summed E-state index contributed by atoms with van der Waals surface area (Å²) in [4.78, 5) is 24.4. The maximum atomic E-state index is 11.5. The Morgan fingerprint density at radius 1 is 1.31 bits per heavy atom. The van der Waals surface area contributed by atoms with Crippen molar-refractivity contribution in [2.75, 3.05) is 19.8 Å². The first-order chi connectivity index (χ1) is 7.66. The summed E-state index contributed by atoms with van der Waals surface area (Å²) in [6.07, 6.45) is 3.36. The fourth-order valence-electron chi connectivity index (χ4n) is 2.33. The summed E-state index contributed by atoms with van der Waals surface area (Å²) >= 11 is 0. The first-order valence-electron chi connectivity index (χ1n) is 5.84. The monoisotopic (exact) mass is 226 g/mol. The number of ether oxygens (including phenoxy) is 1. The Morgan fingerprint density at radius 3 is 2.62 bits per heavy atom. The van der Waals surface area contributed by atoms with Crippen LogP contribution < -0.4 is 5.32 Å². The molecule has 0 aromatic rings. The number of nitrogens with one attached hydrogen (secondary N) is 1. The number of morpholine rings is 1. The van der Waals surface area contributed by atoms with E-state index in [1.165, 1.54) is 11.3 Å². The lowest BCUT2D eigenvalue weighted by molar-refractivity contribution is -0.159. The van der Waals surface area contributed by atoms with E-state index < -0.39 is 0 Å². The molecule has 1 N–H and O–H groups in total. The lowest BCUT2D eigenvalue weighted by Crippen LogP contribution is -2.54. The van der Waals surface area contributed by atoms with E-state index in [4.69, 9.17) is 4.74 Å². The van der Waals surface area contributed by atoms with Gasteiger partial charge in [0.1, 0.15) is 13.2 Å². The summed E-state index contributed by atoms with van der Waals surface area (Å²) in [5, 5.41) is 3.42. The van der Waals surface area contributed by atoms with Crippen LogP contribution in [0.15, 0.2) is 0 Å². The molecular weight excluding hydrogens is 208 g/mol. The molecule has 2 aliphatic heterocycles. The van der Waals surface area contributed by atoms with Crippen molar-refractivity contribution in [3.8, 4) is 0 Å². The van der Waals surface area contributed by atoms with Gasteiger partial charge < -0.3 is 10.1 Å². The molecule has 2 rings (SSSR count). The van der Waals surface area contributed by atoms with E-state index in [0.29, 0.717) is 12.6 Å². The molecule has 0 spiro atoms. The predicted molar refractivity (Wildman–Crippen MR) is 57.8 cm³/mol. The third-order valence-corrected chi connectivity index (χ3v) is 3.17. The Hall–Kier alpha value is -0.940. The van der Waals surface area contributed by atoms with E-state index >= 15 is 0 Å². The average molecular weight is 226 g/mol. The first-order valence-corrected chi connectivity index (χ1v) is 5.84. The minimum Gasteiger partial charge on any atom is -0.362 e. The number of carbonyl (C=O) groups excluding carboxylic acids is 2. The highest BCUT2D eigenvalue weighted by atomic mass is 16.5. The standard InChI is InChI=1S/C11H18N2O3/c1-8-3-2-4-9(12-8)5-13-10(14)6-16-7-11(13)15/h8-9,12H,2-7H2,1H3. The average Bonchev–Trinajstić information content (AvgIpc) is 2.24. The second-order valence-corrected chi connectivity index (χ2v) is 4.59. The fraction of sp³-hybridized carbons (Fsp3) is 0.818. The van der Waals surface area contributed by atoms with Crippen molar-refractivity contribution in [3.05, 3.63) is 0 Å². The molecule has 2 fully saturated rings. The highest BCUT2D eigenvalue weighted by molar-refractivity contribution is 5.98. The molecule has 0 aromatic heterocycles. The van der Waals surface area contributed by atoms with Crippen LogP contribution in [0.4, 0.5) is 0 Å². The number of piperidine rings is 1. The van der Waals surface area contributed by atoms with Crippen LogP contribution >= 0.6 is 0 Å². The van der Waals surface area contributed by atoms with Crippen LogP contribution in [0.3, 0.4) is 0 Å². The summed E-state index contributed by atoms with van der Waals surface area (Å²) in [7, 11) is 0. The normalized spacial score (nSPS) is 31.9. The van der Waals surface area contributed by atoms with Gasteiger partial charge in [0, 0.05) is 18.6 Å². The Morgan fingerprint density at radius 2 is 2.00 bits per heavy atom. The van der Waals surface area contributed by atoms with Crippen LogP contribution in [0.1, 0.15) is 26.2 Å². The number of hydrogen-bond donors (Lipinski definition) is 1. The van der Waals surface area contributed by atoms with Crippen LogP contribution in [0.5, 0.6) is 0 Å². The fourth-order valence-corrected chi connectivity index (χ4v) is 2.33. The molecule has 5 heteroatoms. The maximum absolute atomic E-state index is 11.5.